The van der Waals surface area contributed by atoms with Crippen molar-refractivity contribution in [3.8, 4) is 0 Å². The van der Waals surface area contributed by atoms with E-state index in [0.29, 0.717) is 10.9 Å². The molecule has 0 aliphatic carbocycles. The molecule has 0 amide bonds. The highest BCUT2D eigenvalue weighted by Crippen LogP contribution is 2.34. The van der Waals surface area contributed by atoms with E-state index < -0.39 is 0 Å². The summed E-state index contributed by atoms with van der Waals surface area (Å²) in [5.41, 5.74) is 6.56. The second-order valence-corrected chi connectivity index (χ2v) is 4.07. The molecule has 4 heteroatoms. The van der Waals surface area contributed by atoms with Crippen LogP contribution in [0.25, 0.3) is 10.1 Å². The first kappa shape index (κ1) is 8.78. The highest BCUT2D eigenvalue weighted by atomic mass is 35.5. The molecule has 0 saturated carbocycles. The van der Waals surface area contributed by atoms with Crippen LogP contribution in [0.4, 0.5) is 9.39 Å². The minimum absolute atomic E-state index is 0.253. The molecule has 2 N–H and O–H groups in total. The summed E-state index contributed by atoms with van der Waals surface area (Å²) in [6.07, 6.45) is 0. The number of hydrogen-bond acceptors (Lipinski definition) is 2. The van der Waals surface area contributed by atoms with Crippen molar-refractivity contribution < 1.29 is 4.39 Å². The maximum atomic E-state index is 12.9. The van der Waals surface area contributed by atoms with Crippen molar-refractivity contribution in [2.75, 3.05) is 5.73 Å². The smallest absolute Gasteiger partial charge is 0.123 e. The van der Waals surface area contributed by atoms with Crippen molar-refractivity contribution >= 4 is 38.0 Å². The van der Waals surface area contributed by atoms with E-state index in [2.05, 4.69) is 0 Å². The number of fused-ring (bicyclic) bond motifs is 1. The Morgan fingerprint density at radius 2 is 2.23 bits per heavy atom. The van der Waals surface area contributed by atoms with Crippen molar-refractivity contribution in [2.45, 2.75) is 5.88 Å². The van der Waals surface area contributed by atoms with Gasteiger partial charge < -0.3 is 5.73 Å². The fourth-order valence-electron chi connectivity index (χ4n) is 1.28. The molecule has 0 aliphatic rings. The first-order valence-electron chi connectivity index (χ1n) is 3.74. The average Bonchev–Trinajstić information content (AvgIpc) is 2.40. The summed E-state index contributed by atoms with van der Waals surface area (Å²) in [6, 6.07) is 4.62. The van der Waals surface area contributed by atoms with Crippen LogP contribution in [0.2, 0.25) is 0 Å². The maximum Gasteiger partial charge on any atom is 0.123 e. The van der Waals surface area contributed by atoms with Crippen LogP contribution in [0.1, 0.15) is 5.56 Å². The number of nitrogen functional groups attached to an aromatic ring is 1. The Morgan fingerprint density at radius 3 is 2.92 bits per heavy atom. The third kappa shape index (κ3) is 1.38. The zero-order chi connectivity index (χ0) is 9.42. The molecular weight excluding hydrogens is 209 g/mol. The van der Waals surface area contributed by atoms with Crippen LogP contribution in [-0.2, 0) is 5.88 Å². The Bertz CT molecular complexity index is 452. The molecule has 0 fully saturated rings. The lowest BCUT2D eigenvalue weighted by Gasteiger charge is -1.94. The second kappa shape index (κ2) is 3.16. The van der Waals surface area contributed by atoms with Gasteiger partial charge in [0.25, 0.3) is 0 Å². The largest absolute Gasteiger partial charge is 0.390 e. The van der Waals surface area contributed by atoms with Gasteiger partial charge in [0.05, 0.1) is 10.9 Å². The second-order valence-electron chi connectivity index (χ2n) is 2.72. The van der Waals surface area contributed by atoms with Gasteiger partial charge in [-0.05, 0) is 18.2 Å². The lowest BCUT2D eigenvalue weighted by molar-refractivity contribution is 0.630. The van der Waals surface area contributed by atoms with Gasteiger partial charge in [-0.1, -0.05) is 0 Å². The van der Waals surface area contributed by atoms with Gasteiger partial charge in [0.1, 0.15) is 5.82 Å². The van der Waals surface area contributed by atoms with E-state index in [-0.39, 0.29) is 5.82 Å². The van der Waals surface area contributed by atoms with Gasteiger partial charge in [0.15, 0.2) is 0 Å². The molecule has 0 aliphatic heterocycles. The van der Waals surface area contributed by atoms with Crippen LogP contribution in [0.15, 0.2) is 18.2 Å². The summed E-state index contributed by atoms with van der Waals surface area (Å²) >= 11 is 7.15. The van der Waals surface area contributed by atoms with Crippen LogP contribution in [0.3, 0.4) is 0 Å². The highest BCUT2D eigenvalue weighted by molar-refractivity contribution is 7.22. The molecule has 0 spiro atoms. The van der Waals surface area contributed by atoms with Crippen molar-refractivity contribution in [3.05, 3.63) is 29.6 Å². The molecule has 2 rings (SSSR count). The van der Waals surface area contributed by atoms with Crippen LogP contribution in [-0.4, -0.2) is 0 Å². The first-order chi connectivity index (χ1) is 6.22. The summed E-state index contributed by atoms with van der Waals surface area (Å²) in [7, 11) is 0. The molecule has 13 heavy (non-hydrogen) atoms. The van der Waals surface area contributed by atoms with E-state index in [0.717, 1.165) is 15.6 Å². The SMILES string of the molecule is Nc1sc2ccc(F)cc2c1CCl. The Labute approximate surface area is 83.9 Å². The number of rotatable bonds is 1. The van der Waals surface area contributed by atoms with Crippen LogP contribution in [0, 0.1) is 5.82 Å². The fourth-order valence-corrected chi connectivity index (χ4v) is 2.62. The van der Waals surface area contributed by atoms with Crippen molar-refractivity contribution in [3.63, 3.8) is 0 Å². The Hall–Kier alpha value is -0.800. The molecule has 0 bridgehead atoms. The third-order valence-corrected chi connectivity index (χ3v) is 3.23. The van der Waals surface area contributed by atoms with Gasteiger partial charge in [0.2, 0.25) is 0 Å². The highest BCUT2D eigenvalue weighted by Gasteiger charge is 2.08. The van der Waals surface area contributed by atoms with Crippen LogP contribution in [0.5, 0.6) is 0 Å². The monoisotopic (exact) mass is 215 g/mol. The predicted molar refractivity (Wildman–Crippen MR) is 55.8 cm³/mol. The van der Waals surface area contributed by atoms with E-state index in [4.69, 9.17) is 17.3 Å². The summed E-state index contributed by atoms with van der Waals surface area (Å²) < 4.78 is 13.9. The minimum atomic E-state index is -0.253. The number of alkyl halides is 1. The fraction of sp³-hybridized carbons (Fsp3) is 0.111. The maximum absolute atomic E-state index is 12.9. The van der Waals surface area contributed by atoms with Gasteiger partial charge in [-0.15, -0.1) is 22.9 Å². The predicted octanol–water partition coefficient (Wildman–Crippen LogP) is 3.36. The molecule has 0 saturated heterocycles. The molecule has 68 valence electrons. The Morgan fingerprint density at radius 1 is 1.46 bits per heavy atom. The number of benzene rings is 1. The number of thiophene rings is 1. The zero-order valence-corrected chi connectivity index (χ0v) is 8.25. The molecular formula is C9H7ClFNS. The molecule has 2 aromatic rings. The molecule has 0 unspecified atom stereocenters. The zero-order valence-electron chi connectivity index (χ0n) is 6.68. The van der Waals surface area contributed by atoms with Gasteiger partial charge in [-0.3, -0.25) is 0 Å². The normalized spacial score (nSPS) is 10.9. The topological polar surface area (TPSA) is 26.0 Å². The van der Waals surface area contributed by atoms with Crippen molar-refractivity contribution in [2.24, 2.45) is 0 Å². The number of anilines is 1. The van der Waals surface area contributed by atoms with Gasteiger partial charge in [-0.2, -0.15) is 0 Å². The summed E-state index contributed by atoms with van der Waals surface area (Å²) in [5, 5.41) is 1.51. The summed E-state index contributed by atoms with van der Waals surface area (Å²) in [6.45, 7) is 0. The van der Waals surface area contributed by atoms with E-state index >= 15 is 0 Å². The Kier molecular flexibility index (Phi) is 2.14. The average molecular weight is 216 g/mol. The van der Waals surface area contributed by atoms with Crippen LogP contribution >= 0.6 is 22.9 Å². The minimum Gasteiger partial charge on any atom is -0.390 e. The summed E-state index contributed by atoms with van der Waals surface area (Å²) in [5.74, 6) is 0.0756. The van der Waals surface area contributed by atoms with E-state index in [9.17, 15) is 4.39 Å². The van der Waals surface area contributed by atoms with E-state index in [1.54, 1.807) is 6.07 Å². The lowest BCUT2D eigenvalue weighted by atomic mass is 10.2. The van der Waals surface area contributed by atoms with Gasteiger partial charge in [0, 0.05) is 15.6 Å². The number of nitrogens with two attached hydrogens (primary N) is 1. The number of halogens is 2. The van der Waals surface area contributed by atoms with Crippen LogP contribution < -0.4 is 5.73 Å². The molecule has 1 heterocycles. The van der Waals surface area contributed by atoms with Crippen molar-refractivity contribution in [1.29, 1.82) is 0 Å². The molecule has 1 nitrogen and oxygen atoms in total. The lowest BCUT2D eigenvalue weighted by Crippen LogP contribution is -1.84. The van der Waals surface area contributed by atoms with E-state index in [1.807, 2.05) is 0 Å². The molecule has 0 atom stereocenters. The summed E-state index contributed by atoms with van der Waals surface area (Å²) in [4.78, 5) is 0. The molecule has 1 aromatic heterocycles. The standard InChI is InChI=1S/C9H7ClFNS/c10-4-7-6-3-5(11)1-2-8(6)13-9(7)12/h1-3H,4,12H2. The van der Waals surface area contributed by atoms with Gasteiger partial charge in [-0.25, -0.2) is 4.39 Å². The molecule has 1 aromatic carbocycles. The van der Waals surface area contributed by atoms with E-state index in [1.165, 1.54) is 23.5 Å². The van der Waals surface area contributed by atoms with Gasteiger partial charge >= 0.3 is 0 Å². The quantitative estimate of drug-likeness (QED) is 0.726. The Balaban J connectivity index is 2.80. The third-order valence-electron chi connectivity index (χ3n) is 1.92. The van der Waals surface area contributed by atoms with Crippen molar-refractivity contribution in [1.82, 2.24) is 0 Å². The first-order valence-corrected chi connectivity index (χ1v) is 5.10. The molecule has 0 radical (unpaired) electrons. The number of hydrogen-bond donors (Lipinski definition) is 1.